The molecule has 0 unspecified atom stereocenters. The molecule has 124 valence electrons. The van der Waals surface area contributed by atoms with E-state index in [0.29, 0.717) is 25.9 Å². The van der Waals surface area contributed by atoms with Crippen molar-refractivity contribution in [3.8, 4) is 0 Å². The van der Waals surface area contributed by atoms with Crippen LogP contribution in [0.5, 0.6) is 0 Å². The molecule has 1 saturated carbocycles. The zero-order valence-electron chi connectivity index (χ0n) is 13.7. The summed E-state index contributed by atoms with van der Waals surface area (Å²) in [6.45, 7) is 4.81. The topological polar surface area (TPSA) is 69.7 Å². The third kappa shape index (κ3) is 3.25. The van der Waals surface area contributed by atoms with Gasteiger partial charge in [-0.1, -0.05) is 32.1 Å². The van der Waals surface area contributed by atoms with Gasteiger partial charge in [0, 0.05) is 13.1 Å². The summed E-state index contributed by atoms with van der Waals surface area (Å²) in [7, 11) is 0. The van der Waals surface area contributed by atoms with Gasteiger partial charge >= 0.3 is 6.03 Å². The van der Waals surface area contributed by atoms with E-state index in [1.54, 1.807) is 4.90 Å². The summed E-state index contributed by atoms with van der Waals surface area (Å²) in [6.07, 6.45) is 6.67. The van der Waals surface area contributed by atoms with Crippen LogP contribution in [0.1, 0.15) is 58.8 Å². The number of likely N-dealkylation sites (N-methyl/N-ethyl adjacent to an activating group) is 1. The number of nitrogens with one attached hydrogen (secondary N) is 1. The number of rotatable bonds is 4. The van der Waals surface area contributed by atoms with Crippen LogP contribution in [0.25, 0.3) is 0 Å². The largest absolute Gasteiger partial charge is 0.342 e. The predicted octanol–water partition coefficient (Wildman–Crippen LogP) is 1.89. The van der Waals surface area contributed by atoms with Gasteiger partial charge in [-0.2, -0.15) is 0 Å². The first kappa shape index (κ1) is 16.8. The van der Waals surface area contributed by atoms with E-state index >= 15 is 0 Å². The normalized spacial score (nSPS) is 21.5. The lowest BCUT2D eigenvalue weighted by molar-refractivity contribution is -0.139. The Morgan fingerprint density at radius 2 is 1.64 bits per heavy atom. The first-order valence-corrected chi connectivity index (χ1v) is 8.46. The fraction of sp³-hybridized carbons (Fsp3) is 0.812. The van der Waals surface area contributed by atoms with Gasteiger partial charge in [-0.15, -0.1) is 0 Å². The molecule has 0 aromatic heterocycles. The molecule has 2 aliphatic rings. The van der Waals surface area contributed by atoms with Gasteiger partial charge in [-0.05, 0) is 26.7 Å². The second-order valence-electron chi connectivity index (χ2n) is 6.24. The fourth-order valence-electron chi connectivity index (χ4n) is 3.48. The van der Waals surface area contributed by atoms with Crippen LogP contribution in [0.4, 0.5) is 4.79 Å². The maximum atomic E-state index is 12.8. The molecule has 0 bridgehead atoms. The Morgan fingerprint density at radius 3 is 2.18 bits per heavy atom. The second kappa shape index (κ2) is 7.11. The van der Waals surface area contributed by atoms with Crippen LogP contribution in [0, 0.1) is 0 Å². The molecule has 1 saturated heterocycles. The van der Waals surface area contributed by atoms with Crippen molar-refractivity contribution >= 4 is 17.8 Å². The Hall–Kier alpha value is -1.59. The van der Waals surface area contributed by atoms with Gasteiger partial charge < -0.3 is 10.2 Å². The lowest BCUT2D eigenvalue weighted by atomic mass is 9.84. The van der Waals surface area contributed by atoms with Gasteiger partial charge in [-0.3, -0.25) is 14.5 Å². The van der Waals surface area contributed by atoms with Crippen LogP contribution in [0.3, 0.4) is 0 Å². The van der Waals surface area contributed by atoms with E-state index in [4.69, 9.17) is 0 Å². The first-order valence-electron chi connectivity index (χ1n) is 8.46. The SMILES string of the molecule is CCN(CC)C(=O)CN1C(=O)NC2(CCCCCCC2)C1=O. The number of amides is 4. The van der Waals surface area contributed by atoms with E-state index < -0.39 is 11.6 Å². The molecule has 0 aromatic rings. The lowest BCUT2D eigenvalue weighted by Gasteiger charge is -2.28. The van der Waals surface area contributed by atoms with Crippen molar-refractivity contribution in [3.63, 3.8) is 0 Å². The Morgan fingerprint density at radius 1 is 1.09 bits per heavy atom. The van der Waals surface area contributed by atoms with Crippen molar-refractivity contribution in [2.45, 2.75) is 64.3 Å². The van der Waals surface area contributed by atoms with E-state index in [0.717, 1.165) is 30.6 Å². The maximum absolute atomic E-state index is 12.8. The molecule has 6 heteroatoms. The molecule has 0 radical (unpaired) electrons. The van der Waals surface area contributed by atoms with Crippen molar-refractivity contribution in [2.75, 3.05) is 19.6 Å². The molecule has 2 fully saturated rings. The standard InChI is InChI=1S/C16H27N3O3/c1-3-18(4-2)13(20)12-19-14(21)16(17-15(19)22)10-8-6-5-7-9-11-16/h3-12H2,1-2H3,(H,17,22). The maximum Gasteiger partial charge on any atom is 0.325 e. The first-order chi connectivity index (χ1) is 10.5. The number of nitrogens with zero attached hydrogens (tertiary/aromatic N) is 2. The van der Waals surface area contributed by atoms with Crippen molar-refractivity contribution in [1.29, 1.82) is 0 Å². The van der Waals surface area contributed by atoms with Crippen molar-refractivity contribution in [1.82, 2.24) is 15.1 Å². The minimum absolute atomic E-state index is 0.145. The number of hydrogen-bond donors (Lipinski definition) is 1. The Bertz CT molecular complexity index is 438. The number of carbonyl (C=O) groups excluding carboxylic acids is 3. The van der Waals surface area contributed by atoms with Crippen LogP contribution >= 0.6 is 0 Å². The van der Waals surface area contributed by atoms with E-state index in [1.807, 2.05) is 13.8 Å². The molecule has 0 aromatic carbocycles. The van der Waals surface area contributed by atoms with E-state index in [9.17, 15) is 14.4 Å². The second-order valence-corrected chi connectivity index (χ2v) is 6.24. The Balaban J connectivity index is 2.09. The third-order valence-electron chi connectivity index (χ3n) is 4.86. The molecule has 1 heterocycles. The monoisotopic (exact) mass is 309 g/mol. The molecule has 1 N–H and O–H groups in total. The van der Waals surface area contributed by atoms with Gasteiger partial charge in [-0.25, -0.2) is 4.79 Å². The molecule has 0 atom stereocenters. The molecular formula is C16H27N3O3. The van der Waals surface area contributed by atoms with Crippen molar-refractivity contribution in [3.05, 3.63) is 0 Å². The van der Waals surface area contributed by atoms with Crippen LogP contribution in [-0.2, 0) is 9.59 Å². The summed E-state index contributed by atoms with van der Waals surface area (Å²) in [6, 6.07) is -0.411. The Labute approximate surface area is 132 Å². The number of hydrogen-bond acceptors (Lipinski definition) is 3. The van der Waals surface area contributed by atoms with Crippen molar-refractivity contribution in [2.24, 2.45) is 0 Å². The van der Waals surface area contributed by atoms with Crippen LogP contribution in [-0.4, -0.2) is 52.8 Å². The molecule has 1 aliphatic carbocycles. The smallest absolute Gasteiger partial charge is 0.325 e. The quantitative estimate of drug-likeness (QED) is 0.806. The summed E-state index contributed by atoms with van der Waals surface area (Å²) >= 11 is 0. The highest BCUT2D eigenvalue weighted by Gasteiger charge is 2.50. The number of imide groups is 1. The third-order valence-corrected chi connectivity index (χ3v) is 4.86. The van der Waals surface area contributed by atoms with Gasteiger partial charge in [0.2, 0.25) is 5.91 Å². The summed E-state index contributed by atoms with van der Waals surface area (Å²) in [5.74, 6) is -0.378. The van der Waals surface area contributed by atoms with Crippen molar-refractivity contribution < 1.29 is 14.4 Å². The average Bonchev–Trinajstić information content (AvgIpc) is 2.70. The van der Waals surface area contributed by atoms with E-state index in [1.165, 1.54) is 6.42 Å². The Kier molecular flexibility index (Phi) is 5.42. The number of urea groups is 1. The highest BCUT2D eigenvalue weighted by atomic mass is 16.2. The summed E-state index contributed by atoms with van der Waals surface area (Å²) in [5.41, 5.74) is -0.763. The highest BCUT2D eigenvalue weighted by Crippen LogP contribution is 2.32. The van der Waals surface area contributed by atoms with Crippen LogP contribution in [0.15, 0.2) is 0 Å². The van der Waals surface area contributed by atoms with E-state index in [2.05, 4.69) is 5.32 Å². The summed E-state index contributed by atoms with van der Waals surface area (Å²) in [5, 5.41) is 2.88. The summed E-state index contributed by atoms with van der Waals surface area (Å²) in [4.78, 5) is 39.9. The highest BCUT2D eigenvalue weighted by molar-refractivity contribution is 6.09. The molecular weight excluding hydrogens is 282 g/mol. The summed E-state index contributed by atoms with van der Waals surface area (Å²) < 4.78 is 0. The molecule has 1 spiro atoms. The lowest BCUT2D eigenvalue weighted by Crippen LogP contribution is -2.48. The van der Waals surface area contributed by atoms with Crippen LogP contribution < -0.4 is 5.32 Å². The van der Waals surface area contributed by atoms with Gasteiger partial charge in [0.15, 0.2) is 0 Å². The predicted molar refractivity (Wildman–Crippen MR) is 83.2 cm³/mol. The molecule has 22 heavy (non-hydrogen) atoms. The zero-order chi connectivity index (χ0) is 16.2. The molecule has 1 aliphatic heterocycles. The average molecular weight is 309 g/mol. The van der Waals surface area contributed by atoms with Gasteiger partial charge in [0.1, 0.15) is 12.1 Å². The minimum Gasteiger partial charge on any atom is -0.342 e. The molecule has 2 rings (SSSR count). The zero-order valence-corrected chi connectivity index (χ0v) is 13.7. The minimum atomic E-state index is -0.763. The van der Waals surface area contributed by atoms with E-state index in [-0.39, 0.29) is 18.4 Å². The van der Waals surface area contributed by atoms with Crippen LogP contribution in [0.2, 0.25) is 0 Å². The molecule has 4 amide bonds. The fourth-order valence-corrected chi connectivity index (χ4v) is 3.48. The molecule has 6 nitrogen and oxygen atoms in total. The van der Waals surface area contributed by atoms with Gasteiger partial charge in [0.05, 0.1) is 0 Å². The number of carbonyl (C=O) groups is 3. The van der Waals surface area contributed by atoms with Gasteiger partial charge in [0.25, 0.3) is 5.91 Å².